The molecular formula is C19H25N3O5. The van der Waals surface area contributed by atoms with Crippen LogP contribution in [0, 0.1) is 0 Å². The van der Waals surface area contributed by atoms with Gasteiger partial charge in [0.2, 0.25) is 0 Å². The Labute approximate surface area is 158 Å². The first-order valence-electron chi connectivity index (χ1n) is 9.33. The van der Waals surface area contributed by atoms with Crippen molar-refractivity contribution in [2.24, 2.45) is 0 Å². The van der Waals surface area contributed by atoms with E-state index in [1.54, 1.807) is 6.92 Å². The van der Waals surface area contributed by atoms with Gasteiger partial charge in [-0.05, 0) is 37.3 Å². The van der Waals surface area contributed by atoms with Gasteiger partial charge in [0.15, 0.2) is 6.10 Å². The number of fused-ring (bicyclic) bond motifs is 1. The number of urea groups is 1. The normalized spacial score (nSPS) is 18.9. The van der Waals surface area contributed by atoms with E-state index in [4.69, 9.17) is 9.84 Å². The van der Waals surface area contributed by atoms with Crippen LogP contribution in [0.3, 0.4) is 0 Å². The Bertz CT molecular complexity index is 715. The molecule has 1 atom stereocenters. The SMILES string of the molecule is CCC(OC(=O)N1CCC(N2CCc3ccccc3NC2=O)CC1)C(=O)O. The number of amides is 3. The molecule has 0 aromatic heterocycles. The maximum Gasteiger partial charge on any atom is 0.410 e. The summed E-state index contributed by atoms with van der Waals surface area (Å²) in [5.74, 6) is -1.14. The maximum absolute atomic E-state index is 12.6. The second-order valence-corrected chi connectivity index (χ2v) is 6.87. The van der Waals surface area contributed by atoms with E-state index in [2.05, 4.69) is 5.32 Å². The number of hydrogen-bond donors (Lipinski definition) is 2. The lowest BCUT2D eigenvalue weighted by molar-refractivity contribution is -0.147. The van der Waals surface area contributed by atoms with Crippen molar-refractivity contribution >= 4 is 23.8 Å². The number of nitrogens with zero attached hydrogens (tertiary/aromatic N) is 2. The molecule has 2 aliphatic rings. The van der Waals surface area contributed by atoms with Crippen molar-refractivity contribution in [2.75, 3.05) is 25.0 Å². The van der Waals surface area contributed by atoms with Crippen LogP contribution in [0.4, 0.5) is 15.3 Å². The molecule has 0 aliphatic carbocycles. The van der Waals surface area contributed by atoms with Crippen LogP contribution in [0.1, 0.15) is 31.7 Å². The number of carbonyl (C=O) groups excluding carboxylic acids is 2. The zero-order valence-corrected chi connectivity index (χ0v) is 15.4. The second kappa shape index (κ2) is 8.28. The number of para-hydroxylation sites is 1. The third kappa shape index (κ3) is 4.32. The van der Waals surface area contributed by atoms with Gasteiger partial charge in [-0.25, -0.2) is 14.4 Å². The fourth-order valence-electron chi connectivity index (χ4n) is 3.60. The fraction of sp³-hybridized carbons (Fsp3) is 0.526. The molecule has 3 rings (SSSR count). The van der Waals surface area contributed by atoms with E-state index in [9.17, 15) is 14.4 Å². The quantitative estimate of drug-likeness (QED) is 0.842. The summed E-state index contributed by atoms with van der Waals surface area (Å²) in [4.78, 5) is 39.2. The number of carboxylic acids is 1. The van der Waals surface area contributed by atoms with Crippen LogP contribution in [0.2, 0.25) is 0 Å². The summed E-state index contributed by atoms with van der Waals surface area (Å²) >= 11 is 0. The average Bonchev–Trinajstić information content (AvgIpc) is 2.84. The summed E-state index contributed by atoms with van der Waals surface area (Å²) < 4.78 is 5.06. The van der Waals surface area contributed by atoms with Crippen molar-refractivity contribution in [3.63, 3.8) is 0 Å². The molecule has 3 amide bonds. The second-order valence-electron chi connectivity index (χ2n) is 6.87. The molecule has 0 radical (unpaired) electrons. The van der Waals surface area contributed by atoms with Crippen LogP contribution in [0.25, 0.3) is 0 Å². The summed E-state index contributed by atoms with van der Waals surface area (Å²) in [7, 11) is 0. The van der Waals surface area contributed by atoms with Crippen molar-refractivity contribution in [2.45, 2.75) is 44.8 Å². The van der Waals surface area contributed by atoms with E-state index >= 15 is 0 Å². The molecule has 27 heavy (non-hydrogen) atoms. The number of nitrogens with one attached hydrogen (secondary N) is 1. The minimum absolute atomic E-state index is 0.0461. The molecule has 1 fully saturated rings. The zero-order chi connectivity index (χ0) is 19.4. The van der Waals surface area contributed by atoms with Crippen molar-refractivity contribution in [3.05, 3.63) is 29.8 Å². The molecule has 0 saturated carbocycles. The topological polar surface area (TPSA) is 99.2 Å². The lowest BCUT2D eigenvalue weighted by Gasteiger charge is -2.37. The van der Waals surface area contributed by atoms with Gasteiger partial charge in [-0.15, -0.1) is 0 Å². The number of likely N-dealkylation sites (tertiary alicyclic amines) is 1. The van der Waals surface area contributed by atoms with Crippen LogP contribution >= 0.6 is 0 Å². The predicted octanol–water partition coefficient (Wildman–Crippen LogP) is 2.54. The summed E-state index contributed by atoms with van der Waals surface area (Å²) in [5.41, 5.74) is 1.97. The van der Waals surface area contributed by atoms with Crippen LogP contribution in [0.15, 0.2) is 24.3 Å². The van der Waals surface area contributed by atoms with Gasteiger partial charge in [-0.2, -0.15) is 0 Å². The Morgan fingerprint density at radius 1 is 1.26 bits per heavy atom. The summed E-state index contributed by atoms with van der Waals surface area (Å²) in [6.07, 6.45) is 0.575. The van der Waals surface area contributed by atoms with Gasteiger partial charge in [0.05, 0.1) is 0 Å². The summed E-state index contributed by atoms with van der Waals surface area (Å²) in [6, 6.07) is 7.72. The van der Waals surface area contributed by atoms with E-state index in [0.29, 0.717) is 32.5 Å². The van der Waals surface area contributed by atoms with E-state index in [-0.39, 0.29) is 18.5 Å². The Hall–Kier alpha value is -2.77. The monoisotopic (exact) mass is 375 g/mol. The number of hydrogen-bond acceptors (Lipinski definition) is 4. The Kier molecular flexibility index (Phi) is 5.83. The molecule has 8 heteroatoms. The van der Waals surface area contributed by atoms with Crippen LogP contribution in [-0.2, 0) is 16.0 Å². The molecule has 2 aliphatic heterocycles. The number of carboxylic acid groups (broad SMARTS) is 1. The lowest BCUT2D eigenvalue weighted by Crippen LogP contribution is -2.50. The van der Waals surface area contributed by atoms with Crippen molar-refractivity contribution < 1.29 is 24.2 Å². The predicted molar refractivity (Wildman–Crippen MR) is 98.7 cm³/mol. The van der Waals surface area contributed by atoms with Gasteiger partial charge in [0.1, 0.15) is 0 Å². The number of benzene rings is 1. The molecule has 1 aromatic rings. The zero-order valence-electron chi connectivity index (χ0n) is 15.4. The van der Waals surface area contributed by atoms with Gasteiger partial charge in [0.25, 0.3) is 0 Å². The molecule has 1 aromatic carbocycles. The number of rotatable bonds is 4. The number of aliphatic carboxylic acids is 1. The number of ether oxygens (including phenoxy) is 1. The number of piperidine rings is 1. The molecule has 8 nitrogen and oxygen atoms in total. The molecule has 2 N–H and O–H groups in total. The summed E-state index contributed by atoms with van der Waals surface area (Å²) in [6.45, 7) is 3.18. The Morgan fingerprint density at radius 2 is 1.96 bits per heavy atom. The summed E-state index contributed by atoms with van der Waals surface area (Å²) in [5, 5.41) is 12.0. The standard InChI is InChI=1S/C19H25N3O5/c1-2-16(17(23)24)27-19(26)21-10-8-14(9-11-21)22-12-7-13-5-3-4-6-15(13)20-18(22)25/h3-6,14,16H,2,7-12H2,1H3,(H,20,25)(H,23,24). The molecule has 146 valence electrons. The minimum atomic E-state index is -1.14. The fourth-order valence-corrected chi connectivity index (χ4v) is 3.60. The van der Waals surface area contributed by atoms with Crippen molar-refractivity contribution in [1.29, 1.82) is 0 Å². The molecule has 2 heterocycles. The van der Waals surface area contributed by atoms with Crippen molar-refractivity contribution in [3.8, 4) is 0 Å². The molecular weight excluding hydrogens is 350 g/mol. The molecule has 1 unspecified atom stereocenters. The third-order valence-electron chi connectivity index (χ3n) is 5.19. The number of anilines is 1. The molecule has 1 saturated heterocycles. The molecule has 0 spiro atoms. The van der Waals surface area contributed by atoms with E-state index in [1.807, 2.05) is 29.2 Å². The first kappa shape index (κ1) is 19.0. The van der Waals surface area contributed by atoms with Gasteiger partial charge < -0.3 is 25.0 Å². The van der Waals surface area contributed by atoms with Crippen LogP contribution < -0.4 is 5.32 Å². The minimum Gasteiger partial charge on any atom is -0.479 e. The maximum atomic E-state index is 12.6. The van der Waals surface area contributed by atoms with Gasteiger partial charge >= 0.3 is 18.1 Å². The van der Waals surface area contributed by atoms with Crippen molar-refractivity contribution in [1.82, 2.24) is 9.80 Å². The number of carbonyl (C=O) groups is 3. The smallest absolute Gasteiger partial charge is 0.410 e. The Balaban J connectivity index is 1.55. The van der Waals surface area contributed by atoms with Gasteiger partial charge in [-0.1, -0.05) is 25.1 Å². The van der Waals surface area contributed by atoms with Gasteiger partial charge in [-0.3, -0.25) is 0 Å². The largest absolute Gasteiger partial charge is 0.479 e. The van der Waals surface area contributed by atoms with Gasteiger partial charge in [0, 0.05) is 31.4 Å². The van der Waals surface area contributed by atoms with Crippen LogP contribution in [0.5, 0.6) is 0 Å². The average molecular weight is 375 g/mol. The van der Waals surface area contributed by atoms with Crippen LogP contribution in [-0.4, -0.2) is 64.8 Å². The van der Waals surface area contributed by atoms with E-state index in [1.165, 1.54) is 4.90 Å². The Morgan fingerprint density at radius 3 is 2.63 bits per heavy atom. The van der Waals surface area contributed by atoms with E-state index in [0.717, 1.165) is 17.7 Å². The van der Waals surface area contributed by atoms with E-state index < -0.39 is 18.2 Å². The highest BCUT2D eigenvalue weighted by atomic mass is 16.6. The highest BCUT2D eigenvalue weighted by Crippen LogP contribution is 2.24. The first-order chi connectivity index (χ1) is 13.0. The third-order valence-corrected chi connectivity index (χ3v) is 5.19. The highest BCUT2D eigenvalue weighted by molar-refractivity contribution is 5.91. The first-order valence-corrected chi connectivity index (χ1v) is 9.33. The lowest BCUT2D eigenvalue weighted by atomic mass is 10.0. The molecule has 0 bridgehead atoms. The highest BCUT2D eigenvalue weighted by Gasteiger charge is 2.32.